The Hall–Kier alpha value is -3.68. The Balaban J connectivity index is 1.44. The number of unbranched alkanes of at least 4 members (excludes halogenated alkanes) is 1. The molecule has 0 spiro atoms. The van der Waals surface area contributed by atoms with Crippen LogP contribution in [0.2, 0.25) is 0 Å². The van der Waals surface area contributed by atoms with Crippen LogP contribution in [0.3, 0.4) is 0 Å². The molecule has 0 saturated carbocycles. The Morgan fingerprint density at radius 2 is 1.55 bits per heavy atom. The molecule has 0 saturated heterocycles. The van der Waals surface area contributed by atoms with Crippen molar-refractivity contribution in [3.63, 3.8) is 0 Å². The topological polar surface area (TPSA) is 97.4 Å². The summed E-state index contributed by atoms with van der Waals surface area (Å²) in [5.74, 6) is 0.0149. The van der Waals surface area contributed by atoms with E-state index in [4.69, 9.17) is 0 Å². The van der Waals surface area contributed by atoms with Crippen molar-refractivity contribution < 1.29 is 14.7 Å². The Kier molecular flexibility index (Phi) is 4.75. The maximum atomic E-state index is 12.4. The highest BCUT2D eigenvalue weighted by atomic mass is 16.3. The lowest BCUT2D eigenvalue weighted by Crippen LogP contribution is -2.31. The highest BCUT2D eigenvalue weighted by Gasteiger charge is 2.34. The number of hydrogen-bond donors (Lipinski definition) is 1. The maximum absolute atomic E-state index is 12.4. The van der Waals surface area contributed by atoms with Gasteiger partial charge in [-0.15, -0.1) is 5.10 Å². The molecule has 8 nitrogen and oxygen atoms in total. The molecule has 2 heterocycles. The van der Waals surface area contributed by atoms with Crippen LogP contribution < -0.4 is 5.69 Å². The summed E-state index contributed by atoms with van der Waals surface area (Å²) in [5.41, 5.74) is 1.26. The Bertz CT molecular complexity index is 1130. The van der Waals surface area contributed by atoms with Crippen LogP contribution in [-0.4, -0.2) is 42.7 Å². The van der Waals surface area contributed by atoms with E-state index in [9.17, 15) is 19.5 Å². The lowest BCUT2D eigenvalue weighted by atomic mass is 10.1. The van der Waals surface area contributed by atoms with Crippen LogP contribution in [0.5, 0.6) is 5.75 Å². The van der Waals surface area contributed by atoms with E-state index in [1.807, 2.05) is 0 Å². The first-order valence-electron chi connectivity index (χ1n) is 9.36. The van der Waals surface area contributed by atoms with Crippen LogP contribution >= 0.6 is 0 Å². The number of imide groups is 1. The number of rotatable bonds is 6. The lowest BCUT2D eigenvalue weighted by Gasteiger charge is -2.13. The minimum atomic E-state index is -0.274. The van der Waals surface area contributed by atoms with E-state index in [0.717, 1.165) is 0 Å². The zero-order valence-corrected chi connectivity index (χ0v) is 15.9. The molecule has 0 atom stereocenters. The van der Waals surface area contributed by atoms with Gasteiger partial charge in [0.15, 0.2) is 5.82 Å². The van der Waals surface area contributed by atoms with Gasteiger partial charge in [-0.05, 0) is 37.1 Å². The zero-order chi connectivity index (χ0) is 20.5. The Morgan fingerprint density at radius 1 is 0.897 bits per heavy atom. The minimum absolute atomic E-state index is 0.0952. The predicted octanol–water partition coefficient (Wildman–Crippen LogP) is 2.03. The maximum Gasteiger partial charge on any atom is 0.345 e. The van der Waals surface area contributed by atoms with Crippen molar-refractivity contribution in [2.45, 2.75) is 19.4 Å². The number of hydrogen-bond acceptors (Lipinski definition) is 5. The van der Waals surface area contributed by atoms with Gasteiger partial charge in [0.05, 0.1) is 11.1 Å². The number of aromatic nitrogens is 3. The number of carbonyl (C=O) groups is 2. The van der Waals surface area contributed by atoms with Gasteiger partial charge >= 0.3 is 5.69 Å². The fourth-order valence-corrected chi connectivity index (χ4v) is 3.55. The summed E-state index contributed by atoms with van der Waals surface area (Å²) in [6.07, 6.45) is 1.15. The van der Waals surface area contributed by atoms with Crippen molar-refractivity contribution in [1.29, 1.82) is 0 Å². The van der Waals surface area contributed by atoms with Gasteiger partial charge in [0.2, 0.25) is 0 Å². The number of phenolic OH excluding ortho intramolecular Hbond substituents is 1. The minimum Gasteiger partial charge on any atom is -0.508 e. The van der Waals surface area contributed by atoms with Gasteiger partial charge in [0.25, 0.3) is 11.8 Å². The molecule has 29 heavy (non-hydrogen) atoms. The molecule has 0 aliphatic carbocycles. The molecule has 0 bridgehead atoms. The average Bonchev–Trinajstić information content (AvgIpc) is 3.14. The molecular formula is C21H20N4O4. The number of fused-ring (bicyclic) bond motifs is 1. The van der Waals surface area contributed by atoms with Crippen LogP contribution in [0.1, 0.15) is 33.6 Å². The third-order valence-corrected chi connectivity index (χ3v) is 5.00. The second-order valence-corrected chi connectivity index (χ2v) is 6.95. The number of amides is 2. The zero-order valence-electron chi connectivity index (χ0n) is 15.9. The smallest absolute Gasteiger partial charge is 0.345 e. The Labute approximate surface area is 166 Å². The van der Waals surface area contributed by atoms with Crippen molar-refractivity contribution in [2.75, 3.05) is 6.54 Å². The van der Waals surface area contributed by atoms with Crippen molar-refractivity contribution >= 4 is 11.8 Å². The summed E-state index contributed by atoms with van der Waals surface area (Å²) in [5, 5.41) is 14.0. The quantitative estimate of drug-likeness (QED) is 0.511. The van der Waals surface area contributed by atoms with E-state index < -0.39 is 0 Å². The molecule has 148 valence electrons. The van der Waals surface area contributed by atoms with Gasteiger partial charge in [-0.1, -0.05) is 24.3 Å². The molecule has 0 fully saturated rings. The SMILES string of the molecule is Cn1nc(-c2cccc(O)c2)n(CCCCN2C(=O)c3ccccc3C2=O)c1=O. The lowest BCUT2D eigenvalue weighted by molar-refractivity contribution is 0.0651. The highest BCUT2D eigenvalue weighted by molar-refractivity contribution is 6.21. The first kappa shape index (κ1) is 18.7. The molecule has 1 aliphatic heterocycles. The van der Waals surface area contributed by atoms with Crippen LogP contribution in [-0.2, 0) is 13.6 Å². The van der Waals surface area contributed by atoms with Gasteiger partial charge < -0.3 is 5.11 Å². The van der Waals surface area contributed by atoms with Gasteiger partial charge in [-0.2, -0.15) is 0 Å². The predicted molar refractivity (Wildman–Crippen MR) is 106 cm³/mol. The van der Waals surface area contributed by atoms with Gasteiger partial charge in [-0.3, -0.25) is 19.1 Å². The second kappa shape index (κ2) is 7.38. The second-order valence-electron chi connectivity index (χ2n) is 6.95. The number of aromatic hydroxyl groups is 1. The molecule has 4 rings (SSSR count). The Morgan fingerprint density at radius 3 is 2.21 bits per heavy atom. The number of carbonyl (C=O) groups excluding carboxylic acids is 2. The molecule has 3 aromatic rings. The van der Waals surface area contributed by atoms with Crippen molar-refractivity contribution in [3.05, 3.63) is 70.1 Å². The molecule has 1 aliphatic rings. The number of benzene rings is 2. The van der Waals surface area contributed by atoms with Gasteiger partial charge in [0, 0.05) is 25.7 Å². The molecule has 1 N–H and O–H groups in total. The summed E-state index contributed by atoms with van der Waals surface area (Å²) < 4.78 is 2.79. The average molecular weight is 392 g/mol. The number of nitrogens with zero attached hydrogens (tertiary/aromatic N) is 4. The third-order valence-electron chi connectivity index (χ3n) is 5.00. The number of aryl methyl sites for hydroxylation is 1. The van der Waals surface area contributed by atoms with Crippen molar-refractivity contribution in [1.82, 2.24) is 19.2 Å². The summed E-state index contributed by atoms with van der Waals surface area (Å²) in [7, 11) is 1.57. The van der Waals surface area contributed by atoms with E-state index in [1.54, 1.807) is 55.6 Å². The molecule has 8 heteroatoms. The molecule has 1 aromatic heterocycles. The van der Waals surface area contributed by atoms with E-state index in [2.05, 4.69) is 5.10 Å². The monoisotopic (exact) mass is 392 g/mol. The largest absolute Gasteiger partial charge is 0.508 e. The molecule has 2 amide bonds. The molecule has 2 aromatic carbocycles. The van der Waals surface area contributed by atoms with Gasteiger partial charge in [-0.25, -0.2) is 9.48 Å². The first-order valence-corrected chi connectivity index (χ1v) is 9.36. The summed E-state index contributed by atoms with van der Waals surface area (Å²) >= 11 is 0. The van der Waals surface area contributed by atoms with E-state index in [-0.39, 0.29) is 23.3 Å². The normalized spacial score (nSPS) is 13.2. The van der Waals surface area contributed by atoms with E-state index in [0.29, 0.717) is 48.4 Å². The molecule has 0 radical (unpaired) electrons. The molecular weight excluding hydrogens is 372 g/mol. The number of phenols is 1. The van der Waals surface area contributed by atoms with Gasteiger partial charge in [0.1, 0.15) is 5.75 Å². The van der Waals surface area contributed by atoms with Crippen LogP contribution in [0.15, 0.2) is 53.3 Å². The molecule has 0 unspecified atom stereocenters. The van der Waals surface area contributed by atoms with Crippen molar-refractivity contribution in [3.8, 4) is 17.1 Å². The fraction of sp³-hybridized carbons (Fsp3) is 0.238. The summed E-state index contributed by atoms with van der Waals surface area (Å²) in [6, 6.07) is 13.4. The fourth-order valence-electron chi connectivity index (χ4n) is 3.55. The van der Waals surface area contributed by atoms with Crippen molar-refractivity contribution in [2.24, 2.45) is 7.05 Å². The summed E-state index contributed by atoms with van der Waals surface area (Å²) in [4.78, 5) is 38.5. The van der Waals surface area contributed by atoms with Crippen LogP contribution in [0.4, 0.5) is 0 Å². The highest BCUT2D eigenvalue weighted by Crippen LogP contribution is 2.23. The summed E-state index contributed by atoms with van der Waals surface area (Å²) in [6.45, 7) is 0.684. The van der Waals surface area contributed by atoms with Crippen LogP contribution in [0, 0.1) is 0 Å². The standard InChI is InChI=1S/C21H20N4O4/c1-23-21(29)24(18(22-23)14-7-6-8-15(26)13-14)11-4-5-12-25-19(27)16-9-2-3-10-17(16)20(25)28/h2-3,6-10,13,26H,4-5,11-12H2,1H3. The van der Waals surface area contributed by atoms with Crippen LogP contribution in [0.25, 0.3) is 11.4 Å². The van der Waals surface area contributed by atoms with E-state index in [1.165, 1.54) is 14.1 Å². The first-order chi connectivity index (χ1) is 14.0. The third kappa shape index (κ3) is 3.33. The van der Waals surface area contributed by atoms with E-state index >= 15 is 0 Å².